The lowest BCUT2D eigenvalue weighted by atomic mass is 9.91. The summed E-state index contributed by atoms with van der Waals surface area (Å²) in [6.45, 7) is 0. The van der Waals surface area contributed by atoms with Crippen LogP contribution in [0.1, 0.15) is 0 Å². The SMILES string of the molecule is c1cc(-c2ccc3c4ccccc4c4ccccc4c3c2)cc(-c2ccc3nc4occn4c3c2)c1.c1cc(-c2ccc3nc4occn4c3c2)cc(-c2ccc3nc4oc(Oc5cn6c(nc7ccccc76)o5)cn4c3c2)c1.c1cc(-c2ccc3nc4occn4c3c2)cc(-c2ccc3nc4occ(Oc5coc6nc7ccccc7n56)n4c3c2)c1. The van der Waals surface area contributed by atoms with Crippen LogP contribution in [0.2, 0.25) is 0 Å². The van der Waals surface area contributed by atoms with E-state index in [9.17, 15) is 0 Å². The van der Waals surface area contributed by atoms with Gasteiger partial charge in [-0.05, 0) is 208 Å². The normalized spacial score (nSPS) is 12.1. The summed E-state index contributed by atoms with van der Waals surface area (Å²) in [5.41, 5.74) is 26.1. The Bertz CT molecular complexity index is 9100. The van der Waals surface area contributed by atoms with E-state index in [4.69, 9.17) is 40.4 Å². The number of hydrogen-bond acceptors (Lipinski definition) is 16. The van der Waals surface area contributed by atoms with Crippen molar-refractivity contribution < 1.29 is 40.4 Å². The Morgan fingerprint density at radius 2 is 0.525 bits per heavy atom. The van der Waals surface area contributed by atoms with Gasteiger partial charge in [0, 0.05) is 18.6 Å². The largest absolute Gasteiger partial charge is 0.432 e. The standard InChI is InChI=1S/2C33H18N6O4.C33H20N2O/c1-2-7-26-23(6-1)35-32-38(26)29(17-41-32)43-30-18-42-33-36-25-11-9-22(16-28(25)39(30)33)20-5-3-4-19(14-20)21-8-10-24-27(15-21)37-12-13-40-31(37)34-24;1-2-7-26-23(6-1)35-32-38(26)17-29(42-32)41-30-18-39-28-16-22(9-11-25(28)36-33(39)43-30)20-5-3-4-19(14-20)21-8-10-24-27(15-21)37-12-13-40-31(37)34-24;1-2-10-27-25(8-1)26-9-3-4-11-28(26)30-19-23(12-14-29(27)30)21-6-5-7-22(18-21)24-13-15-31-32(20-24)35-16-17-36-33(35)34-31/h2*1-18H;1-20H. The molecule has 0 bridgehead atoms. The minimum atomic E-state index is 0.264. The Balaban J connectivity index is 0.0000000989. The quantitative estimate of drug-likeness (QED) is 0.116. The molecule has 14 aromatic heterocycles. The molecule has 0 unspecified atom stereocenters. The first-order valence-corrected chi connectivity index (χ1v) is 39.4. The van der Waals surface area contributed by atoms with Crippen molar-refractivity contribution >= 4 is 150 Å². The zero-order valence-electron chi connectivity index (χ0n) is 63.8. The van der Waals surface area contributed by atoms with E-state index < -0.39 is 0 Å². The van der Waals surface area contributed by atoms with Crippen LogP contribution >= 0.6 is 0 Å². The van der Waals surface area contributed by atoms with Crippen LogP contribution in [0.5, 0.6) is 23.7 Å². The molecule has 0 saturated carbocycles. The Morgan fingerprint density at radius 3 is 0.975 bits per heavy atom. The number of hydrogen-bond donors (Lipinski definition) is 0. The van der Waals surface area contributed by atoms with Gasteiger partial charge in [0.15, 0.2) is 12.5 Å². The van der Waals surface area contributed by atoms with Crippen LogP contribution in [0.15, 0.2) is 372 Å². The van der Waals surface area contributed by atoms with Crippen molar-refractivity contribution in [1.29, 1.82) is 0 Å². The molecule has 0 aliphatic rings. The molecule has 0 fully saturated rings. The van der Waals surface area contributed by atoms with Crippen LogP contribution in [-0.4, -0.2) is 65.7 Å². The number of imidazole rings is 7. The average molecular weight is 1590 g/mol. The van der Waals surface area contributed by atoms with Gasteiger partial charge in [0.25, 0.3) is 0 Å². The maximum Gasteiger partial charge on any atom is 0.312 e. The molecule has 0 atom stereocenters. The molecule has 0 aliphatic carbocycles. The molecule has 576 valence electrons. The summed E-state index contributed by atoms with van der Waals surface area (Å²) >= 11 is 0. The molecule has 28 rings (SSSR count). The summed E-state index contributed by atoms with van der Waals surface area (Å²) in [5, 5.41) is 7.77. The fraction of sp³-hybridized carbons (Fsp3) is 0. The fourth-order valence-electron chi connectivity index (χ4n) is 17.3. The van der Waals surface area contributed by atoms with Crippen LogP contribution in [0.25, 0.3) is 217 Å². The number of ether oxygens (including phenoxy) is 2. The van der Waals surface area contributed by atoms with Crippen LogP contribution in [0.3, 0.4) is 0 Å². The maximum absolute atomic E-state index is 6.34. The van der Waals surface area contributed by atoms with Crippen molar-refractivity contribution in [3.05, 3.63) is 341 Å². The molecule has 0 spiro atoms. The van der Waals surface area contributed by atoms with Crippen molar-refractivity contribution in [2.75, 3.05) is 0 Å². The number of benzene rings is 14. The number of fused-ring (bicyclic) bond motifs is 27. The van der Waals surface area contributed by atoms with Gasteiger partial charge >= 0.3 is 52.8 Å². The third kappa shape index (κ3) is 10.7. The molecular formula is C99H56N14O9. The first kappa shape index (κ1) is 66.8. The highest BCUT2D eigenvalue weighted by Gasteiger charge is 2.23. The Morgan fingerprint density at radius 1 is 0.213 bits per heavy atom. The van der Waals surface area contributed by atoms with Crippen LogP contribution < -0.4 is 9.47 Å². The second-order valence-electron chi connectivity index (χ2n) is 30.0. The predicted octanol–water partition coefficient (Wildman–Crippen LogP) is 24.9. The van der Waals surface area contributed by atoms with E-state index in [0.29, 0.717) is 52.7 Å². The van der Waals surface area contributed by atoms with Gasteiger partial charge in [-0.2, -0.15) is 34.9 Å². The van der Waals surface area contributed by atoms with Gasteiger partial charge in [-0.25, -0.2) is 8.80 Å². The molecule has 0 aliphatic heterocycles. The monoisotopic (exact) mass is 1580 g/mol. The third-order valence-corrected chi connectivity index (χ3v) is 23.1. The van der Waals surface area contributed by atoms with E-state index in [1.165, 1.54) is 49.0 Å². The van der Waals surface area contributed by atoms with Crippen LogP contribution in [-0.2, 0) is 0 Å². The van der Waals surface area contributed by atoms with Gasteiger partial charge in [0.1, 0.15) is 18.8 Å². The molecule has 122 heavy (non-hydrogen) atoms. The molecule has 0 N–H and O–H groups in total. The lowest BCUT2D eigenvalue weighted by Crippen LogP contribution is -1.92. The molecule has 23 nitrogen and oxygen atoms in total. The van der Waals surface area contributed by atoms with E-state index in [-0.39, 0.29) is 11.9 Å². The topological polar surface area (TPSA) is 232 Å². The summed E-state index contributed by atoms with van der Waals surface area (Å²) in [7, 11) is 0. The molecular weight excluding hydrogens is 1530 g/mol. The van der Waals surface area contributed by atoms with E-state index in [1.807, 2.05) is 122 Å². The van der Waals surface area contributed by atoms with E-state index in [0.717, 1.165) is 127 Å². The molecule has 0 saturated heterocycles. The predicted molar refractivity (Wildman–Crippen MR) is 467 cm³/mol. The van der Waals surface area contributed by atoms with Crippen molar-refractivity contribution in [1.82, 2.24) is 65.7 Å². The van der Waals surface area contributed by atoms with Gasteiger partial charge < -0.3 is 40.4 Å². The van der Waals surface area contributed by atoms with Gasteiger partial charge in [-0.1, -0.05) is 170 Å². The number of aromatic nitrogens is 14. The number of para-hydroxylation sites is 4. The van der Waals surface area contributed by atoms with Crippen molar-refractivity contribution in [2.24, 2.45) is 0 Å². The molecule has 0 amide bonds. The summed E-state index contributed by atoms with van der Waals surface area (Å²) in [6.07, 6.45) is 17.2. The van der Waals surface area contributed by atoms with Gasteiger partial charge in [-0.3, -0.25) is 22.0 Å². The maximum atomic E-state index is 6.34. The highest BCUT2D eigenvalue weighted by molar-refractivity contribution is 6.26. The van der Waals surface area contributed by atoms with Crippen molar-refractivity contribution in [3.63, 3.8) is 0 Å². The minimum Gasteiger partial charge on any atom is -0.432 e. The molecule has 23 heteroatoms. The van der Waals surface area contributed by atoms with E-state index in [1.54, 1.807) is 43.7 Å². The molecule has 0 radical (unpaired) electrons. The summed E-state index contributed by atoms with van der Waals surface area (Å²) in [4.78, 5) is 32.0. The second-order valence-corrected chi connectivity index (χ2v) is 30.0. The summed E-state index contributed by atoms with van der Waals surface area (Å²) in [5.74, 6) is 5.05. The van der Waals surface area contributed by atoms with Gasteiger partial charge in [-0.15, -0.1) is 0 Å². The summed E-state index contributed by atoms with van der Waals surface area (Å²) < 4.78 is 65.2. The van der Waals surface area contributed by atoms with Crippen molar-refractivity contribution in [3.8, 4) is 90.4 Å². The van der Waals surface area contributed by atoms with Crippen LogP contribution in [0, 0.1) is 0 Å². The average Bonchev–Trinajstić information content (AvgIpc) is 1.40. The molecule has 14 heterocycles. The molecule has 14 aromatic carbocycles. The fourth-order valence-corrected chi connectivity index (χ4v) is 17.3. The lowest BCUT2D eigenvalue weighted by molar-refractivity contribution is 0.293. The van der Waals surface area contributed by atoms with Crippen molar-refractivity contribution in [2.45, 2.75) is 0 Å². The second kappa shape index (κ2) is 26.0. The zero-order chi connectivity index (χ0) is 79.8. The first-order valence-electron chi connectivity index (χ1n) is 39.4. The Hall–Kier alpha value is -17.5. The Kier molecular flexibility index (Phi) is 14.2. The smallest absolute Gasteiger partial charge is 0.312 e. The van der Waals surface area contributed by atoms with Gasteiger partial charge in [0.2, 0.25) is 11.8 Å². The Labute approximate surface area is 684 Å². The summed E-state index contributed by atoms with van der Waals surface area (Å²) in [6, 6.07) is 96.9. The van der Waals surface area contributed by atoms with E-state index in [2.05, 4.69) is 241 Å². The number of oxazole rings is 7. The first-order chi connectivity index (χ1) is 60.3. The highest BCUT2D eigenvalue weighted by Crippen LogP contribution is 2.42. The zero-order valence-corrected chi connectivity index (χ0v) is 63.8. The third-order valence-electron chi connectivity index (χ3n) is 23.1. The van der Waals surface area contributed by atoms with Crippen LogP contribution in [0.4, 0.5) is 0 Å². The number of rotatable bonds is 10. The van der Waals surface area contributed by atoms with Gasteiger partial charge in [0.05, 0.1) is 89.6 Å². The molecule has 28 aromatic rings. The minimum absolute atomic E-state index is 0.264. The highest BCUT2D eigenvalue weighted by atomic mass is 16.7. The lowest BCUT2D eigenvalue weighted by Gasteiger charge is -2.12. The van der Waals surface area contributed by atoms with E-state index >= 15 is 0 Å². The number of nitrogens with zero attached hydrogens (tertiary/aromatic N) is 14.